The molecule has 0 atom stereocenters. The van der Waals surface area contributed by atoms with Gasteiger partial charge in [0.25, 0.3) is 11.6 Å². The Kier molecular flexibility index (Phi) is 8.42. The van der Waals surface area contributed by atoms with Gasteiger partial charge in [-0.3, -0.25) is 14.9 Å². The monoisotopic (exact) mass is 388 g/mol. The lowest BCUT2D eigenvalue weighted by Crippen LogP contribution is -2.48. The van der Waals surface area contributed by atoms with E-state index in [2.05, 4.69) is 25.7 Å². The Hall–Kier alpha value is -1.95. The van der Waals surface area contributed by atoms with Gasteiger partial charge in [-0.2, -0.15) is 0 Å². The second-order valence-electron chi connectivity index (χ2n) is 8.20. The third kappa shape index (κ3) is 6.03. The summed E-state index contributed by atoms with van der Waals surface area (Å²) in [6.07, 6.45) is 4.92. The zero-order valence-electron chi connectivity index (χ0n) is 17.7. The number of rotatable bonds is 9. The van der Waals surface area contributed by atoms with E-state index in [-0.39, 0.29) is 23.2 Å². The fourth-order valence-corrected chi connectivity index (χ4v) is 3.95. The number of amides is 1. The van der Waals surface area contributed by atoms with Gasteiger partial charge in [-0.1, -0.05) is 39.7 Å². The summed E-state index contributed by atoms with van der Waals surface area (Å²) in [5.74, 6) is 1.20. The van der Waals surface area contributed by atoms with Gasteiger partial charge in [-0.15, -0.1) is 0 Å². The highest BCUT2D eigenvalue weighted by Gasteiger charge is 2.31. The van der Waals surface area contributed by atoms with E-state index >= 15 is 0 Å². The molecule has 1 fully saturated rings. The molecule has 155 valence electrons. The SMILES string of the molecule is CCCCCN(C(=O)c1ccc(C)cc1[N+](=O)[O-])C1CCN(C[C](C)C)CC1. The summed E-state index contributed by atoms with van der Waals surface area (Å²) in [5, 5.41) is 11.5. The smallest absolute Gasteiger partial charge is 0.282 e. The molecule has 1 amide bonds. The van der Waals surface area contributed by atoms with E-state index in [1.165, 1.54) is 12.0 Å². The third-order valence-electron chi connectivity index (χ3n) is 5.38. The Morgan fingerprint density at radius 1 is 1.25 bits per heavy atom. The van der Waals surface area contributed by atoms with Gasteiger partial charge < -0.3 is 9.80 Å². The first-order valence-corrected chi connectivity index (χ1v) is 10.4. The molecule has 0 spiro atoms. The van der Waals surface area contributed by atoms with Crippen molar-refractivity contribution in [2.45, 2.75) is 65.8 Å². The molecule has 0 N–H and O–H groups in total. The molecule has 28 heavy (non-hydrogen) atoms. The zero-order chi connectivity index (χ0) is 20.7. The molecular weight excluding hydrogens is 354 g/mol. The maximum absolute atomic E-state index is 13.3. The van der Waals surface area contributed by atoms with Gasteiger partial charge in [0.2, 0.25) is 0 Å². The maximum atomic E-state index is 13.3. The molecule has 6 nitrogen and oxygen atoms in total. The zero-order valence-corrected chi connectivity index (χ0v) is 17.7. The molecule has 0 unspecified atom stereocenters. The molecule has 0 aliphatic carbocycles. The van der Waals surface area contributed by atoms with Gasteiger partial charge in [0, 0.05) is 38.3 Å². The number of carbonyl (C=O) groups is 1. The molecule has 1 saturated heterocycles. The molecule has 1 aromatic rings. The van der Waals surface area contributed by atoms with E-state index < -0.39 is 4.92 Å². The molecule has 1 aliphatic heterocycles. The van der Waals surface area contributed by atoms with Gasteiger partial charge in [0.15, 0.2) is 0 Å². The van der Waals surface area contributed by atoms with E-state index in [0.717, 1.165) is 57.3 Å². The third-order valence-corrected chi connectivity index (χ3v) is 5.38. The fraction of sp³-hybridized carbons (Fsp3) is 0.636. The van der Waals surface area contributed by atoms with Crippen molar-refractivity contribution in [3.63, 3.8) is 0 Å². The van der Waals surface area contributed by atoms with Gasteiger partial charge in [-0.25, -0.2) is 0 Å². The van der Waals surface area contributed by atoms with Crippen LogP contribution < -0.4 is 0 Å². The van der Waals surface area contributed by atoms with E-state index in [1.807, 2.05) is 11.8 Å². The number of benzene rings is 1. The van der Waals surface area contributed by atoms with Crippen LogP contribution in [0.2, 0.25) is 0 Å². The summed E-state index contributed by atoms with van der Waals surface area (Å²) in [5.41, 5.74) is 0.923. The average Bonchev–Trinajstić information content (AvgIpc) is 2.65. The minimum absolute atomic E-state index is 0.0841. The number of nitro benzene ring substituents is 1. The quantitative estimate of drug-likeness (QED) is 0.352. The molecule has 0 aromatic heterocycles. The molecule has 6 heteroatoms. The average molecular weight is 389 g/mol. The molecule has 1 radical (unpaired) electrons. The minimum Gasteiger partial charge on any atom is -0.335 e. The summed E-state index contributed by atoms with van der Waals surface area (Å²) in [6.45, 7) is 11.8. The van der Waals surface area contributed by atoms with E-state index in [4.69, 9.17) is 0 Å². The largest absolute Gasteiger partial charge is 0.335 e. The van der Waals surface area contributed by atoms with E-state index in [9.17, 15) is 14.9 Å². The predicted octanol–water partition coefficient (Wildman–Crippen LogP) is 4.61. The van der Waals surface area contributed by atoms with Gasteiger partial charge >= 0.3 is 0 Å². The molecule has 2 rings (SSSR count). The van der Waals surface area contributed by atoms with Crippen LogP contribution in [0.4, 0.5) is 5.69 Å². The van der Waals surface area contributed by atoms with Crippen molar-refractivity contribution in [3.05, 3.63) is 45.4 Å². The first-order valence-electron chi connectivity index (χ1n) is 10.4. The van der Waals surface area contributed by atoms with E-state index in [0.29, 0.717) is 6.54 Å². The summed E-state index contributed by atoms with van der Waals surface area (Å²) in [6, 6.07) is 5.05. The van der Waals surface area contributed by atoms with Crippen LogP contribution in [0, 0.1) is 23.0 Å². The van der Waals surface area contributed by atoms with Crippen molar-refractivity contribution in [3.8, 4) is 0 Å². The second kappa shape index (κ2) is 10.6. The number of aryl methyl sites for hydroxylation is 1. The maximum Gasteiger partial charge on any atom is 0.282 e. The van der Waals surface area contributed by atoms with Crippen LogP contribution in [0.3, 0.4) is 0 Å². The first-order chi connectivity index (χ1) is 13.3. The van der Waals surface area contributed by atoms with Gasteiger partial charge in [0.05, 0.1) is 4.92 Å². The fourth-order valence-electron chi connectivity index (χ4n) is 3.95. The van der Waals surface area contributed by atoms with Crippen molar-refractivity contribution in [1.29, 1.82) is 0 Å². The number of carbonyl (C=O) groups excluding carboxylic acids is 1. The molecule has 0 saturated carbocycles. The van der Waals surface area contributed by atoms with E-state index in [1.54, 1.807) is 12.1 Å². The Morgan fingerprint density at radius 3 is 2.50 bits per heavy atom. The van der Waals surface area contributed by atoms with Crippen LogP contribution in [0.1, 0.15) is 68.8 Å². The van der Waals surface area contributed by atoms with Crippen LogP contribution >= 0.6 is 0 Å². The van der Waals surface area contributed by atoms with Crippen molar-refractivity contribution in [2.24, 2.45) is 0 Å². The van der Waals surface area contributed by atoms with Crippen LogP contribution in [-0.2, 0) is 0 Å². The normalized spacial score (nSPS) is 15.8. The number of hydrogen-bond donors (Lipinski definition) is 0. The molecule has 1 aliphatic rings. The topological polar surface area (TPSA) is 66.7 Å². The molecule has 0 bridgehead atoms. The molecule has 1 aromatic carbocycles. The summed E-state index contributed by atoms with van der Waals surface area (Å²) >= 11 is 0. The summed E-state index contributed by atoms with van der Waals surface area (Å²) < 4.78 is 0. The highest BCUT2D eigenvalue weighted by molar-refractivity contribution is 5.98. The second-order valence-corrected chi connectivity index (χ2v) is 8.20. The number of unbranched alkanes of at least 4 members (excludes halogenated alkanes) is 2. The van der Waals surface area contributed by atoms with Crippen molar-refractivity contribution in [2.75, 3.05) is 26.2 Å². The number of nitro groups is 1. The van der Waals surface area contributed by atoms with Crippen LogP contribution in [0.15, 0.2) is 18.2 Å². The van der Waals surface area contributed by atoms with Gasteiger partial charge in [0.1, 0.15) is 5.56 Å². The number of nitrogens with zero attached hydrogens (tertiary/aromatic N) is 3. The number of piperidine rings is 1. The van der Waals surface area contributed by atoms with Crippen LogP contribution in [-0.4, -0.2) is 52.9 Å². The van der Waals surface area contributed by atoms with Crippen molar-refractivity contribution in [1.82, 2.24) is 9.80 Å². The van der Waals surface area contributed by atoms with Crippen LogP contribution in [0.5, 0.6) is 0 Å². The Morgan fingerprint density at radius 2 is 1.93 bits per heavy atom. The van der Waals surface area contributed by atoms with Crippen LogP contribution in [0.25, 0.3) is 0 Å². The lowest BCUT2D eigenvalue weighted by Gasteiger charge is -2.39. The summed E-state index contributed by atoms with van der Waals surface area (Å²) in [7, 11) is 0. The lowest BCUT2D eigenvalue weighted by molar-refractivity contribution is -0.385. The lowest BCUT2D eigenvalue weighted by atomic mass is 9.99. The Balaban J connectivity index is 2.19. The Bertz CT molecular complexity index is 667. The Labute approximate surface area is 169 Å². The molecule has 1 heterocycles. The highest BCUT2D eigenvalue weighted by atomic mass is 16.6. The summed E-state index contributed by atoms with van der Waals surface area (Å²) in [4.78, 5) is 28.7. The molecular formula is C22H34N3O3. The van der Waals surface area contributed by atoms with Gasteiger partial charge in [-0.05, 0) is 43.7 Å². The standard InChI is InChI=1S/C22H34N3O3/c1-5-6-7-12-24(19-10-13-23(14-11-19)16-17(2)3)22(26)20-9-8-18(4)15-21(20)25(27)28/h8-9,15,19H,5-7,10-14,16H2,1-4H3. The predicted molar refractivity (Wildman–Crippen MR) is 112 cm³/mol. The number of likely N-dealkylation sites (tertiary alicyclic amines) is 1. The number of hydrogen-bond acceptors (Lipinski definition) is 4. The first kappa shape index (κ1) is 22.3. The highest BCUT2D eigenvalue weighted by Crippen LogP contribution is 2.26. The minimum atomic E-state index is -0.438. The van der Waals surface area contributed by atoms with Crippen molar-refractivity contribution < 1.29 is 9.72 Å². The van der Waals surface area contributed by atoms with Crippen molar-refractivity contribution >= 4 is 11.6 Å².